The number of ether oxygens (including phenoxy) is 1. The van der Waals surface area contributed by atoms with Gasteiger partial charge < -0.3 is 10.1 Å². The van der Waals surface area contributed by atoms with E-state index >= 15 is 0 Å². The van der Waals surface area contributed by atoms with Gasteiger partial charge in [0.15, 0.2) is 0 Å². The van der Waals surface area contributed by atoms with Gasteiger partial charge in [-0.15, -0.1) is 0 Å². The van der Waals surface area contributed by atoms with Crippen LogP contribution >= 0.6 is 11.6 Å². The molecule has 0 aliphatic carbocycles. The first-order chi connectivity index (χ1) is 8.78. The average Bonchev–Trinajstić information content (AvgIpc) is 2.84. The minimum Gasteiger partial charge on any atom is -0.485 e. The molecule has 1 atom stereocenters. The van der Waals surface area contributed by atoms with Gasteiger partial charge >= 0.3 is 0 Å². The van der Waals surface area contributed by atoms with Crippen molar-refractivity contribution in [3.05, 3.63) is 58.6 Å². The fourth-order valence-corrected chi connectivity index (χ4v) is 2.52. The van der Waals surface area contributed by atoms with Crippen LogP contribution < -0.4 is 10.1 Å². The Kier molecular flexibility index (Phi) is 2.88. The Morgan fingerprint density at radius 1 is 1.17 bits per heavy atom. The summed E-state index contributed by atoms with van der Waals surface area (Å²) in [5.41, 5.74) is 3.40. The van der Waals surface area contributed by atoms with Crippen LogP contribution in [0.15, 0.2) is 42.5 Å². The number of benzene rings is 2. The fraction of sp³-hybridized carbons (Fsp3) is 0.200. The van der Waals surface area contributed by atoms with Gasteiger partial charge in [0, 0.05) is 29.7 Å². The molecular formula is C15H14ClNO. The number of nitrogens with one attached hydrogen (secondary N) is 1. The Labute approximate surface area is 112 Å². The minimum absolute atomic E-state index is 0.0748. The Hall–Kier alpha value is -1.67. The van der Waals surface area contributed by atoms with E-state index in [2.05, 4.69) is 29.6 Å². The predicted octanol–water partition coefficient (Wildman–Crippen LogP) is 4.06. The monoisotopic (exact) mass is 259 g/mol. The lowest BCUT2D eigenvalue weighted by Crippen LogP contribution is -2.03. The molecule has 0 spiro atoms. The highest BCUT2D eigenvalue weighted by molar-refractivity contribution is 6.31. The highest BCUT2D eigenvalue weighted by Gasteiger charge is 2.25. The molecule has 3 rings (SSSR count). The van der Waals surface area contributed by atoms with Crippen molar-refractivity contribution in [1.29, 1.82) is 0 Å². The first-order valence-electron chi connectivity index (χ1n) is 5.99. The van der Waals surface area contributed by atoms with Gasteiger partial charge in [0.05, 0.1) is 0 Å². The molecule has 0 bridgehead atoms. The number of hydrogen-bond acceptors (Lipinski definition) is 2. The van der Waals surface area contributed by atoms with Gasteiger partial charge in [-0.1, -0.05) is 29.8 Å². The maximum absolute atomic E-state index is 6.18. The summed E-state index contributed by atoms with van der Waals surface area (Å²) in [5, 5.41) is 3.90. The number of hydrogen-bond donors (Lipinski definition) is 1. The molecular weight excluding hydrogens is 246 g/mol. The molecule has 2 aromatic rings. The number of halogens is 1. The van der Waals surface area contributed by atoms with E-state index in [-0.39, 0.29) is 6.10 Å². The molecule has 0 saturated carbocycles. The Morgan fingerprint density at radius 3 is 2.61 bits per heavy atom. The largest absolute Gasteiger partial charge is 0.485 e. The van der Waals surface area contributed by atoms with E-state index in [9.17, 15) is 0 Å². The highest BCUT2D eigenvalue weighted by Crippen LogP contribution is 2.40. The summed E-state index contributed by atoms with van der Waals surface area (Å²) in [5.74, 6) is 0.908. The molecule has 0 radical (unpaired) electrons. The van der Waals surface area contributed by atoms with Crippen LogP contribution in [0.25, 0.3) is 0 Å². The SMILES string of the molecule is CNc1ccc(C2Cc3c(Cl)cccc3O2)cc1. The van der Waals surface area contributed by atoms with Gasteiger partial charge in [0.2, 0.25) is 0 Å². The molecule has 1 N–H and O–H groups in total. The summed E-state index contributed by atoms with van der Waals surface area (Å²) >= 11 is 6.18. The van der Waals surface area contributed by atoms with Crippen LogP contribution in [0.3, 0.4) is 0 Å². The van der Waals surface area contributed by atoms with E-state index < -0.39 is 0 Å². The smallest absolute Gasteiger partial charge is 0.128 e. The zero-order chi connectivity index (χ0) is 12.5. The number of rotatable bonds is 2. The standard InChI is InChI=1S/C15H14ClNO/c1-17-11-7-5-10(6-8-11)15-9-12-13(16)3-2-4-14(12)18-15/h2-8,15,17H,9H2,1H3. The van der Waals surface area contributed by atoms with Crippen LogP contribution in [0.5, 0.6) is 5.75 Å². The zero-order valence-electron chi connectivity index (χ0n) is 10.1. The third kappa shape index (κ3) is 1.93. The van der Waals surface area contributed by atoms with Crippen molar-refractivity contribution in [2.45, 2.75) is 12.5 Å². The molecule has 1 heterocycles. The lowest BCUT2D eigenvalue weighted by atomic mass is 10.0. The molecule has 2 nitrogen and oxygen atoms in total. The van der Waals surface area contributed by atoms with Crippen molar-refractivity contribution >= 4 is 17.3 Å². The number of anilines is 1. The lowest BCUT2D eigenvalue weighted by Gasteiger charge is -2.11. The Morgan fingerprint density at radius 2 is 1.94 bits per heavy atom. The van der Waals surface area contributed by atoms with Gasteiger partial charge in [0.25, 0.3) is 0 Å². The first kappa shape index (κ1) is 11.4. The average molecular weight is 260 g/mol. The van der Waals surface area contributed by atoms with Gasteiger partial charge in [-0.05, 0) is 29.8 Å². The van der Waals surface area contributed by atoms with Crippen LogP contribution in [0.4, 0.5) is 5.69 Å². The van der Waals surface area contributed by atoms with Gasteiger partial charge in [0.1, 0.15) is 11.9 Å². The van der Waals surface area contributed by atoms with Crippen molar-refractivity contribution in [1.82, 2.24) is 0 Å². The van der Waals surface area contributed by atoms with Crippen LogP contribution in [-0.4, -0.2) is 7.05 Å². The fourth-order valence-electron chi connectivity index (χ4n) is 2.28. The minimum atomic E-state index is 0.0748. The van der Waals surface area contributed by atoms with E-state index in [1.54, 1.807) is 0 Å². The van der Waals surface area contributed by atoms with E-state index in [0.717, 1.165) is 28.4 Å². The van der Waals surface area contributed by atoms with Gasteiger partial charge in [-0.3, -0.25) is 0 Å². The van der Waals surface area contributed by atoms with Crippen LogP contribution in [0.2, 0.25) is 5.02 Å². The Bertz CT molecular complexity index is 565. The summed E-state index contributed by atoms with van der Waals surface area (Å²) in [4.78, 5) is 0. The normalized spacial score (nSPS) is 17.1. The third-order valence-corrected chi connectivity index (χ3v) is 3.66. The predicted molar refractivity (Wildman–Crippen MR) is 74.5 cm³/mol. The van der Waals surface area contributed by atoms with E-state index in [4.69, 9.17) is 16.3 Å². The molecule has 0 amide bonds. The van der Waals surface area contributed by atoms with E-state index in [1.807, 2.05) is 25.2 Å². The molecule has 1 aliphatic heterocycles. The summed E-state index contributed by atoms with van der Waals surface area (Å²) < 4.78 is 5.94. The lowest BCUT2D eigenvalue weighted by molar-refractivity contribution is 0.239. The molecule has 18 heavy (non-hydrogen) atoms. The molecule has 0 fully saturated rings. The highest BCUT2D eigenvalue weighted by atomic mass is 35.5. The maximum Gasteiger partial charge on any atom is 0.128 e. The topological polar surface area (TPSA) is 21.3 Å². The van der Waals surface area contributed by atoms with Crippen LogP contribution in [-0.2, 0) is 6.42 Å². The van der Waals surface area contributed by atoms with Gasteiger partial charge in [-0.2, -0.15) is 0 Å². The maximum atomic E-state index is 6.18. The second kappa shape index (κ2) is 4.54. The van der Waals surface area contributed by atoms with E-state index in [1.165, 1.54) is 5.56 Å². The summed E-state index contributed by atoms with van der Waals surface area (Å²) in [6.07, 6.45) is 0.916. The van der Waals surface area contributed by atoms with Crippen molar-refractivity contribution in [2.75, 3.05) is 12.4 Å². The summed E-state index contributed by atoms with van der Waals surface area (Å²) in [6.45, 7) is 0. The van der Waals surface area contributed by atoms with Crippen LogP contribution in [0, 0.1) is 0 Å². The van der Waals surface area contributed by atoms with Gasteiger partial charge in [-0.25, -0.2) is 0 Å². The van der Waals surface area contributed by atoms with E-state index in [0.29, 0.717) is 0 Å². The van der Waals surface area contributed by atoms with Crippen molar-refractivity contribution in [3.63, 3.8) is 0 Å². The molecule has 3 heteroatoms. The van der Waals surface area contributed by atoms with Crippen LogP contribution in [0.1, 0.15) is 17.2 Å². The first-order valence-corrected chi connectivity index (χ1v) is 6.37. The summed E-state index contributed by atoms with van der Waals surface area (Å²) in [7, 11) is 1.91. The molecule has 1 aliphatic rings. The van der Waals surface area contributed by atoms with Crippen molar-refractivity contribution < 1.29 is 4.74 Å². The molecule has 0 aromatic heterocycles. The summed E-state index contributed by atoms with van der Waals surface area (Å²) in [6, 6.07) is 14.1. The van der Waals surface area contributed by atoms with Crippen molar-refractivity contribution in [3.8, 4) is 5.75 Å². The Balaban J connectivity index is 1.86. The molecule has 1 unspecified atom stereocenters. The number of fused-ring (bicyclic) bond motifs is 1. The second-order valence-electron chi connectivity index (χ2n) is 4.40. The third-order valence-electron chi connectivity index (χ3n) is 3.31. The zero-order valence-corrected chi connectivity index (χ0v) is 10.9. The molecule has 2 aromatic carbocycles. The molecule has 92 valence electrons. The van der Waals surface area contributed by atoms with Crippen molar-refractivity contribution in [2.24, 2.45) is 0 Å². The quantitative estimate of drug-likeness (QED) is 0.878. The second-order valence-corrected chi connectivity index (χ2v) is 4.81. The molecule has 0 saturated heterocycles.